The number of nitrogens with two attached hydrogens (primary N) is 1. The fraction of sp³-hybridized carbons (Fsp3) is 0.143. The van der Waals surface area contributed by atoms with E-state index in [4.69, 9.17) is 28.9 Å². The SMILES string of the molecule is CS(=O)(=O)[O-].N=C(N)c1ccccc1CCC(=O)Oc1ccc2ccccc2c1. The molecule has 152 valence electrons. The predicted molar refractivity (Wildman–Crippen MR) is 111 cm³/mol. The van der Waals surface area contributed by atoms with Crippen molar-refractivity contribution in [2.24, 2.45) is 5.73 Å². The number of amidine groups is 1. The van der Waals surface area contributed by atoms with Crippen LogP contribution in [-0.2, 0) is 21.3 Å². The highest BCUT2D eigenvalue weighted by Crippen LogP contribution is 2.21. The molecule has 0 aliphatic heterocycles. The first-order valence-corrected chi connectivity index (χ1v) is 10.5. The predicted octanol–water partition coefficient (Wildman–Crippen LogP) is 2.82. The molecule has 3 aromatic carbocycles. The van der Waals surface area contributed by atoms with Gasteiger partial charge in [-0.15, -0.1) is 0 Å². The molecule has 7 nitrogen and oxygen atoms in total. The van der Waals surface area contributed by atoms with Crippen molar-refractivity contribution in [2.45, 2.75) is 12.8 Å². The number of esters is 1. The summed E-state index contributed by atoms with van der Waals surface area (Å²) in [4.78, 5) is 12.1. The van der Waals surface area contributed by atoms with Crippen molar-refractivity contribution in [3.05, 3.63) is 77.9 Å². The van der Waals surface area contributed by atoms with E-state index < -0.39 is 10.1 Å². The quantitative estimate of drug-likeness (QED) is 0.217. The molecule has 0 radical (unpaired) electrons. The zero-order valence-corrected chi connectivity index (χ0v) is 16.6. The van der Waals surface area contributed by atoms with Gasteiger partial charge in [-0.05, 0) is 34.9 Å². The average molecular weight is 413 g/mol. The Morgan fingerprint density at radius 2 is 1.62 bits per heavy atom. The number of hydrogen-bond donors (Lipinski definition) is 2. The lowest BCUT2D eigenvalue weighted by atomic mass is 10.0. The Morgan fingerprint density at radius 3 is 2.28 bits per heavy atom. The van der Waals surface area contributed by atoms with Gasteiger partial charge in [-0.1, -0.05) is 54.6 Å². The van der Waals surface area contributed by atoms with Crippen LogP contribution in [-0.4, -0.2) is 31.0 Å². The number of carbonyl (C=O) groups excluding carboxylic acids is 1. The molecule has 8 heteroatoms. The maximum atomic E-state index is 12.1. The van der Waals surface area contributed by atoms with Gasteiger partial charge in [0.1, 0.15) is 11.6 Å². The number of carbonyl (C=O) groups is 1. The molecule has 0 saturated carbocycles. The first kappa shape index (κ1) is 22.1. The van der Waals surface area contributed by atoms with Gasteiger partial charge < -0.3 is 15.0 Å². The van der Waals surface area contributed by atoms with Crippen LogP contribution in [0, 0.1) is 5.41 Å². The largest absolute Gasteiger partial charge is 0.748 e. The summed E-state index contributed by atoms with van der Waals surface area (Å²) in [6.45, 7) is 0. The van der Waals surface area contributed by atoms with Crippen molar-refractivity contribution < 1.29 is 22.5 Å². The minimum atomic E-state index is -3.92. The van der Waals surface area contributed by atoms with Crippen LogP contribution in [0.2, 0.25) is 0 Å². The van der Waals surface area contributed by atoms with Gasteiger partial charge in [0, 0.05) is 11.8 Å². The van der Waals surface area contributed by atoms with Gasteiger partial charge in [-0.3, -0.25) is 10.2 Å². The zero-order valence-electron chi connectivity index (χ0n) is 15.8. The van der Waals surface area contributed by atoms with Crippen LogP contribution >= 0.6 is 0 Å². The molecule has 0 aromatic heterocycles. The van der Waals surface area contributed by atoms with Crippen molar-refractivity contribution in [2.75, 3.05) is 6.26 Å². The molecule has 0 unspecified atom stereocenters. The minimum Gasteiger partial charge on any atom is -0.748 e. The fourth-order valence-corrected chi connectivity index (χ4v) is 2.65. The normalized spacial score (nSPS) is 10.7. The highest BCUT2D eigenvalue weighted by Gasteiger charge is 2.09. The van der Waals surface area contributed by atoms with Crippen molar-refractivity contribution in [1.29, 1.82) is 5.41 Å². The van der Waals surface area contributed by atoms with Crippen molar-refractivity contribution in [3.63, 3.8) is 0 Å². The van der Waals surface area contributed by atoms with Crippen LogP contribution in [0.4, 0.5) is 0 Å². The Balaban J connectivity index is 0.000000537. The van der Waals surface area contributed by atoms with Crippen LogP contribution in [0.25, 0.3) is 10.8 Å². The smallest absolute Gasteiger partial charge is 0.311 e. The monoisotopic (exact) mass is 413 g/mol. The summed E-state index contributed by atoms with van der Waals surface area (Å²) < 4.78 is 32.6. The summed E-state index contributed by atoms with van der Waals surface area (Å²) in [7, 11) is -3.92. The Hall–Kier alpha value is -3.23. The number of hydrogen-bond acceptors (Lipinski definition) is 6. The molecule has 0 bridgehead atoms. The van der Waals surface area contributed by atoms with Crippen LogP contribution in [0.1, 0.15) is 17.5 Å². The van der Waals surface area contributed by atoms with E-state index in [9.17, 15) is 4.79 Å². The van der Waals surface area contributed by atoms with Gasteiger partial charge in [0.25, 0.3) is 0 Å². The van der Waals surface area contributed by atoms with E-state index in [-0.39, 0.29) is 18.2 Å². The molecule has 3 N–H and O–H groups in total. The molecular weight excluding hydrogens is 392 g/mol. The second-order valence-electron chi connectivity index (χ2n) is 6.26. The molecule has 0 amide bonds. The highest BCUT2D eigenvalue weighted by atomic mass is 32.2. The number of fused-ring (bicyclic) bond motifs is 1. The molecule has 3 aromatic rings. The molecule has 29 heavy (non-hydrogen) atoms. The average Bonchev–Trinajstić information content (AvgIpc) is 2.65. The van der Waals surface area contributed by atoms with Crippen LogP contribution < -0.4 is 10.5 Å². The van der Waals surface area contributed by atoms with E-state index >= 15 is 0 Å². The minimum absolute atomic E-state index is 0.00787. The lowest BCUT2D eigenvalue weighted by molar-refractivity contribution is -0.134. The Bertz CT molecular complexity index is 1120. The number of aryl methyl sites for hydroxylation is 1. The second kappa shape index (κ2) is 9.81. The van der Waals surface area contributed by atoms with Gasteiger partial charge in [0.05, 0.1) is 16.5 Å². The standard InChI is InChI=1S/C20H18N2O2.CH4O3S/c21-20(22)18-8-4-3-6-15(18)10-12-19(23)24-17-11-9-14-5-1-2-7-16(14)13-17;1-5(2,3)4/h1-9,11,13H,10,12H2,(H3,21,22);1H3,(H,2,3,4)/p-1. The highest BCUT2D eigenvalue weighted by molar-refractivity contribution is 7.84. The van der Waals surface area contributed by atoms with E-state index in [0.717, 1.165) is 16.3 Å². The molecule has 3 rings (SSSR count). The topological polar surface area (TPSA) is 133 Å². The number of ether oxygens (including phenoxy) is 1. The van der Waals surface area contributed by atoms with Gasteiger partial charge in [-0.2, -0.15) is 0 Å². The van der Waals surface area contributed by atoms with Gasteiger partial charge in [-0.25, -0.2) is 8.42 Å². The van der Waals surface area contributed by atoms with E-state index in [0.29, 0.717) is 24.0 Å². The van der Waals surface area contributed by atoms with Crippen LogP contribution in [0.15, 0.2) is 66.7 Å². The van der Waals surface area contributed by atoms with Crippen molar-refractivity contribution in [3.8, 4) is 5.75 Å². The third kappa shape index (κ3) is 7.73. The summed E-state index contributed by atoms with van der Waals surface area (Å²) in [5.74, 6) is 0.246. The maximum Gasteiger partial charge on any atom is 0.311 e. The lowest BCUT2D eigenvalue weighted by Gasteiger charge is -2.08. The van der Waals surface area contributed by atoms with Crippen molar-refractivity contribution >= 4 is 32.7 Å². The van der Waals surface area contributed by atoms with E-state index in [1.54, 1.807) is 12.1 Å². The lowest BCUT2D eigenvalue weighted by Crippen LogP contribution is -2.15. The summed E-state index contributed by atoms with van der Waals surface area (Å²) in [6.07, 6.45) is 1.33. The molecule has 0 aliphatic carbocycles. The number of nitrogen functional groups attached to an aromatic ring is 1. The molecule has 0 spiro atoms. The van der Waals surface area contributed by atoms with Crippen LogP contribution in [0.5, 0.6) is 5.75 Å². The van der Waals surface area contributed by atoms with E-state index in [2.05, 4.69) is 0 Å². The summed E-state index contributed by atoms with van der Waals surface area (Å²) >= 11 is 0. The van der Waals surface area contributed by atoms with Gasteiger partial charge >= 0.3 is 5.97 Å². The number of nitrogens with one attached hydrogen (secondary N) is 1. The summed E-state index contributed by atoms with van der Waals surface area (Å²) in [5, 5.41) is 9.72. The molecule has 0 heterocycles. The second-order valence-corrected chi connectivity index (χ2v) is 7.67. The molecule has 0 atom stereocenters. The summed E-state index contributed by atoms with van der Waals surface area (Å²) in [6, 6.07) is 20.9. The molecular formula is C21H21N2O5S-. The summed E-state index contributed by atoms with van der Waals surface area (Å²) in [5.41, 5.74) is 7.10. The molecule has 0 aliphatic rings. The van der Waals surface area contributed by atoms with Crippen LogP contribution in [0.3, 0.4) is 0 Å². The zero-order chi connectivity index (χ0) is 21.4. The Labute approximate surface area is 169 Å². The molecule has 0 saturated heterocycles. The van der Waals surface area contributed by atoms with E-state index in [1.165, 1.54) is 0 Å². The Kier molecular flexibility index (Phi) is 7.46. The number of rotatable bonds is 5. The maximum absolute atomic E-state index is 12.1. The third-order valence-corrected chi connectivity index (χ3v) is 3.86. The van der Waals surface area contributed by atoms with Crippen molar-refractivity contribution in [1.82, 2.24) is 0 Å². The van der Waals surface area contributed by atoms with E-state index in [1.807, 2.05) is 54.6 Å². The first-order valence-electron chi connectivity index (χ1n) is 8.66. The first-order chi connectivity index (χ1) is 13.6. The molecule has 0 fully saturated rings. The van der Waals surface area contributed by atoms with Gasteiger partial charge in [0.15, 0.2) is 0 Å². The fourth-order valence-electron chi connectivity index (χ4n) is 2.65. The van der Waals surface area contributed by atoms with Gasteiger partial charge in [0.2, 0.25) is 0 Å². The number of benzene rings is 3. The Morgan fingerprint density at radius 1 is 1.03 bits per heavy atom. The third-order valence-electron chi connectivity index (χ3n) is 3.86.